The van der Waals surface area contributed by atoms with Gasteiger partial charge in [0, 0.05) is 25.4 Å². The third-order valence-corrected chi connectivity index (χ3v) is 3.70. The molecular formula is C16H25N3O2. The lowest BCUT2D eigenvalue weighted by Crippen LogP contribution is -2.46. The summed E-state index contributed by atoms with van der Waals surface area (Å²) < 4.78 is 5.62. The maximum atomic E-state index is 12.4. The van der Waals surface area contributed by atoms with E-state index >= 15 is 0 Å². The highest BCUT2D eigenvalue weighted by atomic mass is 16.5. The van der Waals surface area contributed by atoms with Crippen molar-refractivity contribution in [3.63, 3.8) is 0 Å². The van der Waals surface area contributed by atoms with Gasteiger partial charge < -0.3 is 15.0 Å². The van der Waals surface area contributed by atoms with Crippen LogP contribution in [0, 0.1) is 0 Å². The summed E-state index contributed by atoms with van der Waals surface area (Å²) in [5.74, 6) is 0. The van der Waals surface area contributed by atoms with Gasteiger partial charge in [0.05, 0.1) is 18.0 Å². The molecule has 1 aliphatic rings. The molecule has 1 atom stereocenters. The fourth-order valence-electron chi connectivity index (χ4n) is 2.64. The van der Waals surface area contributed by atoms with Gasteiger partial charge >= 0.3 is 6.03 Å². The summed E-state index contributed by atoms with van der Waals surface area (Å²) in [4.78, 5) is 18.4. The van der Waals surface area contributed by atoms with Crippen molar-refractivity contribution in [2.75, 3.05) is 18.5 Å². The van der Waals surface area contributed by atoms with Crippen molar-refractivity contribution in [3.05, 3.63) is 24.5 Å². The van der Waals surface area contributed by atoms with Gasteiger partial charge in [0.15, 0.2) is 0 Å². The first-order valence-corrected chi connectivity index (χ1v) is 7.76. The lowest BCUT2D eigenvalue weighted by molar-refractivity contribution is 0.0566. The fourth-order valence-corrected chi connectivity index (χ4v) is 2.64. The van der Waals surface area contributed by atoms with E-state index in [1.54, 1.807) is 12.4 Å². The van der Waals surface area contributed by atoms with Gasteiger partial charge in [0.1, 0.15) is 0 Å². The Morgan fingerprint density at radius 3 is 3.10 bits per heavy atom. The van der Waals surface area contributed by atoms with E-state index in [0.29, 0.717) is 6.61 Å². The number of nitrogens with one attached hydrogen (secondary N) is 1. The van der Waals surface area contributed by atoms with Crippen LogP contribution in [0.25, 0.3) is 0 Å². The van der Waals surface area contributed by atoms with Crippen LogP contribution in [0.2, 0.25) is 0 Å². The van der Waals surface area contributed by atoms with Gasteiger partial charge in [-0.3, -0.25) is 4.98 Å². The van der Waals surface area contributed by atoms with Crippen LogP contribution in [-0.4, -0.2) is 41.2 Å². The summed E-state index contributed by atoms with van der Waals surface area (Å²) in [5.41, 5.74) is 0.741. The number of carbonyl (C=O) groups excluding carboxylic acids is 1. The minimum Gasteiger partial charge on any atom is -0.379 e. The minimum atomic E-state index is -0.0303. The molecule has 0 bridgehead atoms. The normalized spacial score (nSPS) is 18.8. The molecule has 1 aliphatic heterocycles. The number of rotatable bonds is 5. The molecule has 0 unspecified atom stereocenters. The van der Waals surface area contributed by atoms with Crippen LogP contribution in [0.5, 0.6) is 0 Å². The number of carbonyl (C=O) groups is 1. The van der Waals surface area contributed by atoms with E-state index < -0.39 is 0 Å². The zero-order chi connectivity index (χ0) is 15.1. The average Bonchev–Trinajstić information content (AvgIpc) is 2.48. The van der Waals surface area contributed by atoms with E-state index in [-0.39, 0.29) is 18.2 Å². The van der Waals surface area contributed by atoms with Gasteiger partial charge in [-0.2, -0.15) is 0 Å². The summed E-state index contributed by atoms with van der Waals surface area (Å²) in [6, 6.07) is 3.91. The van der Waals surface area contributed by atoms with E-state index in [1.165, 1.54) is 6.42 Å². The van der Waals surface area contributed by atoms with Crippen molar-refractivity contribution in [3.8, 4) is 0 Å². The van der Waals surface area contributed by atoms with Crippen LogP contribution < -0.4 is 5.32 Å². The monoisotopic (exact) mass is 291 g/mol. The number of likely N-dealkylation sites (tertiary alicyclic amines) is 1. The molecule has 2 amide bonds. The first-order valence-electron chi connectivity index (χ1n) is 7.76. The SMILES string of the molecule is CC(C)OCC[C@@H]1CCCCN1C(=O)Nc1cccnc1. The summed E-state index contributed by atoms with van der Waals surface area (Å²) in [7, 11) is 0. The highest BCUT2D eigenvalue weighted by Crippen LogP contribution is 2.21. The minimum absolute atomic E-state index is 0.0303. The average molecular weight is 291 g/mol. The molecule has 0 aromatic carbocycles. The largest absolute Gasteiger partial charge is 0.379 e. The Kier molecular flexibility index (Phi) is 5.99. The molecule has 1 saturated heterocycles. The highest BCUT2D eigenvalue weighted by molar-refractivity contribution is 5.89. The van der Waals surface area contributed by atoms with Crippen LogP contribution >= 0.6 is 0 Å². The van der Waals surface area contributed by atoms with Gasteiger partial charge in [-0.05, 0) is 51.7 Å². The second-order valence-electron chi connectivity index (χ2n) is 5.72. The molecular weight excluding hydrogens is 266 g/mol. The molecule has 21 heavy (non-hydrogen) atoms. The molecule has 2 rings (SSSR count). The quantitative estimate of drug-likeness (QED) is 0.905. The van der Waals surface area contributed by atoms with Gasteiger partial charge in [-0.25, -0.2) is 4.79 Å². The molecule has 1 fully saturated rings. The number of ether oxygens (including phenoxy) is 1. The first kappa shape index (κ1) is 15.8. The fraction of sp³-hybridized carbons (Fsp3) is 0.625. The van der Waals surface area contributed by atoms with Gasteiger partial charge in [-0.1, -0.05) is 0 Å². The summed E-state index contributed by atoms with van der Waals surface area (Å²) in [5, 5.41) is 2.92. The van der Waals surface area contributed by atoms with E-state index in [2.05, 4.69) is 10.3 Å². The molecule has 1 aromatic rings. The molecule has 2 heterocycles. The molecule has 1 aromatic heterocycles. The number of hydrogen-bond acceptors (Lipinski definition) is 3. The number of pyridine rings is 1. The molecule has 1 N–H and O–H groups in total. The summed E-state index contributed by atoms with van der Waals surface area (Å²) >= 11 is 0. The molecule has 5 nitrogen and oxygen atoms in total. The van der Waals surface area contributed by atoms with Crippen molar-refractivity contribution in [1.29, 1.82) is 0 Å². The standard InChI is InChI=1S/C16H25N3O2/c1-13(2)21-11-8-15-7-3-4-10-19(15)16(20)18-14-6-5-9-17-12-14/h5-6,9,12-13,15H,3-4,7-8,10-11H2,1-2H3,(H,18,20)/t15-/m0/s1. The number of hydrogen-bond donors (Lipinski definition) is 1. The topological polar surface area (TPSA) is 54.5 Å². The molecule has 0 aliphatic carbocycles. The number of anilines is 1. The maximum Gasteiger partial charge on any atom is 0.322 e. The van der Waals surface area contributed by atoms with Crippen LogP contribution in [0.1, 0.15) is 39.5 Å². The van der Waals surface area contributed by atoms with E-state index in [1.807, 2.05) is 30.9 Å². The second-order valence-corrected chi connectivity index (χ2v) is 5.72. The molecule has 0 spiro atoms. The second kappa shape index (κ2) is 7.98. The van der Waals surface area contributed by atoms with Crippen LogP contribution in [0.4, 0.5) is 10.5 Å². The lowest BCUT2D eigenvalue weighted by Gasteiger charge is -2.35. The predicted molar refractivity (Wildman–Crippen MR) is 83.3 cm³/mol. The first-order chi connectivity index (χ1) is 10.2. The molecule has 5 heteroatoms. The Hall–Kier alpha value is -1.62. The van der Waals surface area contributed by atoms with Gasteiger partial charge in [-0.15, -0.1) is 0 Å². The van der Waals surface area contributed by atoms with Crippen molar-refractivity contribution < 1.29 is 9.53 Å². The third-order valence-electron chi connectivity index (χ3n) is 3.70. The maximum absolute atomic E-state index is 12.4. The van der Waals surface area contributed by atoms with E-state index in [9.17, 15) is 4.79 Å². The molecule has 0 radical (unpaired) electrons. The van der Waals surface area contributed by atoms with Gasteiger partial charge in [0.2, 0.25) is 0 Å². The Bertz CT molecular complexity index is 436. The highest BCUT2D eigenvalue weighted by Gasteiger charge is 2.26. The number of amides is 2. The zero-order valence-electron chi connectivity index (χ0n) is 12.9. The van der Waals surface area contributed by atoms with Crippen molar-refractivity contribution >= 4 is 11.7 Å². The molecule has 0 saturated carbocycles. The Morgan fingerprint density at radius 2 is 2.38 bits per heavy atom. The Labute approximate surface area is 126 Å². The number of nitrogens with zero attached hydrogens (tertiary/aromatic N) is 2. The van der Waals surface area contributed by atoms with Crippen LogP contribution in [-0.2, 0) is 4.74 Å². The van der Waals surface area contributed by atoms with Crippen molar-refractivity contribution in [2.45, 2.75) is 51.7 Å². The van der Waals surface area contributed by atoms with Crippen molar-refractivity contribution in [2.24, 2.45) is 0 Å². The van der Waals surface area contributed by atoms with Gasteiger partial charge in [0.25, 0.3) is 0 Å². The Morgan fingerprint density at radius 1 is 1.52 bits per heavy atom. The third kappa shape index (κ3) is 5.01. The summed E-state index contributed by atoms with van der Waals surface area (Å²) in [6.07, 6.45) is 7.82. The number of aromatic nitrogens is 1. The number of urea groups is 1. The Balaban J connectivity index is 1.89. The van der Waals surface area contributed by atoms with Crippen LogP contribution in [0.3, 0.4) is 0 Å². The summed E-state index contributed by atoms with van der Waals surface area (Å²) in [6.45, 7) is 5.60. The number of piperidine rings is 1. The smallest absolute Gasteiger partial charge is 0.322 e. The van der Waals surface area contributed by atoms with E-state index in [0.717, 1.165) is 31.5 Å². The van der Waals surface area contributed by atoms with Crippen molar-refractivity contribution in [1.82, 2.24) is 9.88 Å². The predicted octanol–water partition coefficient (Wildman–Crippen LogP) is 3.28. The lowest BCUT2D eigenvalue weighted by atomic mass is 10.00. The van der Waals surface area contributed by atoms with E-state index in [4.69, 9.17) is 4.74 Å². The molecule has 116 valence electrons. The zero-order valence-corrected chi connectivity index (χ0v) is 12.9. The van der Waals surface area contributed by atoms with Crippen LogP contribution in [0.15, 0.2) is 24.5 Å².